The van der Waals surface area contributed by atoms with Crippen molar-refractivity contribution in [1.29, 1.82) is 0 Å². The molecule has 0 aliphatic carbocycles. The number of carbonyl (C=O) groups excluding carboxylic acids is 1. The fourth-order valence-electron chi connectivity index (χ4n) is 0.914. The van der Waals surface area contributed by atoms with Gasteiger partial charge in [-0.1, -0.05) is 44.5 Å². The Morgan fingerprint density at radius 3 is 2.60 bits per heavy atom. The molecule has 0 spiro atoms. The summed E-state index contributed by atoms with van der Waals surface area (Å²) in [5, 5.41) is 0.641. The van der Waals surface area contributed by atoms with E-state index >= 15 is 0 Å². The van der Waals surface area contributed by atoms with Crippen molar-refractivity contribution < 1.29 is 4.79 Å². The van der Waals surface area contributed by atoms with Gasteiger partial charge in [0.25, 0.3) is 5.91 Å². The highest BCUT2D eigenvalue weighted by Crippen LogP contribution is 2.15. The van der Waals surface area contributed by atoms with E-state index in [2.05, 4.69) is 4.99 Å². The van der Waals surface area contributed by atoms with Gasteiger partial charge >= 0.3 is 0 Å². The number of benzene rings is 1. The normalized spacial score (nSPS) is 12.0. The van der Waals surface area contributed by atoms with Crippen LogP contribution in [0.3, 0.4) is 0 Å². The van der Waals surface area contributed by atoms with Crippen LogP contribution in [0.1, 0.15) is 26.3 Å². The van der Waals surface area contributed by atoms with Crippen LogP contribution in [0.25, 0.3) is 0 Å². The lowest BCUT2D eigenvalue weighted by molar-refractivity contribution is -0.124. The molecule has 15 heavy (non-hydrogen) atoms. The van der Waals surface area contributed by atoms with Crippen molar-refractivity contribution in [3.63, 3.8) is 0 Å². The minimum Gasteiger partial charge on any atom is -0.272 e. The number of hydrogen-bond acceptors (Lipinski definition) is 1. The van der Waals surface area contributed by atoms with Crippen molar-refractivity contribution in [2.75, 3.05) is 0 Å². The van der Waals surface area contributed by atoms with E-state index in [0.717, 1.165) is 5.56 Å². The Morgan fingerprint density at radius 2 is 2.07 bits per heavy atom. The van der Waals surface area contributed by atoms with Gasteiger partial charge in [-0.05, 0) is 17.7 Å². The first-order chi connectivity index (χ1) is 6.89. The summed E-state index contributed by atoms with van der Waals surface area (Å²) in [6.07, 6.45) is 1.54. The summed E-state index contributed by atoms with van der Waals surface area (Å²) in [6, 6.07) is 7.22. The average Bonchev–Trinajstić information content (AvgIpc) is 2.12. The molecule has 80 valence electrons. The Morgan fingerprint density at radius 1 is 1.40 bits per heavy atom. The van der Waals surface area contributed by atoms with Crippen LogP contribution < -0.4 is 0 Å². The molecule has 0 aromatic heterocycles. The van der Waals surface area contributed by atoms with Crippen molar-refractivity contribution in [3.05, 3.63) is 34.9 Å². The number of aliphatic imine (C=N–C) groups is 1. The van der Waals surface area contributed by atoms with Crippen LogP contribution in [0, 0.1) is 5.41 Å². The monoisotopic (exact) mass is 223 g/mol. The van der Waals surface area contributed by atoms with Crippen LogP contribution in [-0.4, -0.2) is 12.1 Å². The number of amides is 1. The maximum absolute atomic E-state index is 11.5. The van der Waals surface area contributed by atoms with E-state index in [-0.39, 0.29) is 5.91 Å². The first kappa shape index (κ1) is 11.9. The van der Waals surface area contributed by atoms with Gasteiger partial charge in [-0.2, -0.15) is 0 Å². The van der Waals surface area contributed by atoms with E-state index < -0.39 is 5.41 Å². The van der Waals surface area contributed by atoms with Crippen molar-refractivity contribution >= 4 is 23.7 Å². The quantitative estimate of drug-likeness (QED) is 0.672. The van der Waals surface area contributed by atoms with Crippen LogP contribution in [-0.2, 0) is 4.79 Å². The van der Waals surface area contributed by atoms with Crippen LogP contribution in [0.2, 0.25) is 5.02 Å². The molecule has 1 aromatic carbocycles. The highest BCUT2D eigenvalue weighted by atomic mass is 35.5. The molecule has 0 bridgehead atoms. The van der Waals surface area contributed by atoms with Crippen LogP contribution in [0.5, 0.6) is 0 Å². The molecule has 1 aromatic rings. The van der Waals surface area contributed by atoms with Crippen molar-refractivity contribution in [3.8, 4) is 0 Å². The number of rotatable bonds is 1. The minimum absolute atomic E-state index is 0.137. The van der Waals surface area contributed by atoms with Crippen molar-refractivity contribution in [1.82, 2.24) is 0 Å². The van der Waals surface area contributed by atoms with Gasteiger partial charge in [0.2, 0.25) is 0 Å². The smallest absolute Gasteiger partial charge is 0.251 e. The standard InChI is InChI=1S/C12H14ClNO/c1-12(2,3)11(15)14-8-9-5-4-6-10(13)7-9/h4-8H,1-3H3. The van der Waals surface area contributed by atoms with E-state index in [0.29, 0.717) is 5.02 Å². The minimum atomic E-state index is -0.435. The molecular weight excluding hydrogens is 210 g/mol. The lowest BCUT2D eigenvalue weighted by Gasteiger charge is -2.11. The lowest BCUT2D eigenvalue weighted by Crippen LogP contribution is -2.17. The van der Waals surface area contributed by atoms with Gasteiger partial charge in [0, 0.05) is 16.7 Å². The second-order valence-corrected chi connectivity index (χ2v) is 4.80. The zero-order valence-corrected chi connectivity index (χ0v) is 9.88. The second kappa shape index (κ2) is 4.58. The molecule has 0 atom stereocenters. The van der Waals surface area contributed by atoms with E-state index in [4.69, 9.17) is 11.6 Å². The van der Waals surface area contributed by atoms with Gasteiger partial charge in [-0.15, -0.1) is 0 Å². The van der Waals surface area contributed by atoms with E-state index in [1.165, 1.54) is 0 Å². The molecule has 0 saturated carbocycles. The summed E-state index contributed by atoms with van der Waals surface area (Å²) in [7, 11) is 0. The van der Waals surface area contributed by atoms with Gasteiger partial charge in [-0.3, -0.25) is 4.79 Å². The molecule has 1 rings (SSSR count). The second-order valence-electron chi connectivity index (χ2n) is 4.37. The third kappa shape index (κ3) is 3.84. The maximum atomic E-state index is 11.5. The topological polar surface area (TPSA) is 29.4 Å². The molecule has 0 saturated heterocycles. The Kier molecular flexibility index (Phi) is 3.64. The van der Waals surface area contributed by atoms with Gasteiger partial charge < -0.3 is 0 Å². The van der Waals surface area contributed by atoms with E-state index in [9.17, 15) is 4.79 Å². The van der Waals surface area contributed by atoms with Crippen LogP contribution in [0.15, 0.2) is 29.3 Å². The molecular formula is C12H14ClNO. The van der Waals surface area contributed by atoms with Gasteiger partial charge in [-0.25, -0.2) is 4.99 Å². The summed E-state index contributed by atoms with van der Waals surface area (Å²) in [4.78, 5) is 15.4. The molecule has 1 amide bonds. The average molecular weight is 224 g/mol. The number of halogens is 1. The third-order valence-corrected chi connectivity index (χ3v) is 2.06. The van der Waals surface area contributed by atoms with Crippen LogP contribution >= 0.6 is 11.6 Å². The molecule has 2 nitrogen and oxygen atoms in total. The first-order valence-electron chi connectivity index (χ1n) is 4.73. The highest BCUT2D eigenvalue weighted by molar-refractivity contribution is 6.30. The zero-order chi connectivity index (χ0) is 11.5. The summed E-state index contributed by atoms with van der Waals surface area (Å²) < 4.78 is 0. The summed E-state index contributed by atoms with van der Waals surface area (Å²) >= 11 is 5.80. The van der Waals surface area contributed by atoms with Crippen molar-refractivity contribution in [2.45, 2.75) is 20.8 Å². The Bertz CT molecular complexity index is 391. The third-order valence-electron chi connectivity index (χ3n) is 1.82. The van der Waals surface area contributed by atoms with E-state index in [1.807, 2.05) is 32.9 Å². The largest absolute Gasteiger partial charge is 0.272 e. The van der Waals surface area contributed by atoms with Gasteiger partial charge in [0.15, 0.2) is 0 Å². The molecule has 0 radical (unpaired) electrons. The predicted molar refractivity (Wildman–Crippen MR) is 63.5 cm³/mol. The fraction of sp³-hybridized carbons (Fsp3) is 0.333. The van der Waals surface area contributed by atoms with E-state index in [1.54, 1.807) is 18.3 Å². The molecule has 0 N–H and O–H groups in total. The zero-order valence-electron chi connectivity index (χ0n) is 9.12. The Hall–Kier alpha value is -1.15. The summed E-state index contributed by atoms with van der Waals surface area (Å²) in [5.41, 5.74) is 0.398. The Balaban J connectivity index is 2.79. The van der Waals surface area contributed by atoms with Crippen LogP contribution in [0.4, 0.5) is 0 Å². The molecule has 0 unspecified atom stereocenters. The lowest BCUT2D eigenvalue weighted by atomic mass is 9.96. The maximum Gasteiger partial charge on any atom is 0.251 e. The van der Waals surface area contributed by atoms with Gasteiger partial charge in [0.05, 0.1) is 0 Å². The Labute approximate surface area is 95.0 Å². The molecule has 0 aliphatic heterocycles. The summed E-state index contributed by atoms with van der Waals surface area (Å²) in [5.74, 6) is -0.137. The molecule has 0 heterocycles. The SMILES string of the molecule is CC(C)(C)C(=O)N=Cc1cccc(Cl)c1. The predicted octanol–water partition coefficient (Wildman–Crippen LogP) is 3.33. The fourth-order valence-corrected chi connectivity index (χ4v) is 1.11. The first-order valence-corrected chi connectivity index (χ1v) is 5.11. The number of nitrogens with zero attached hydrogens (tertiary/aromatic N) is 1. The van der Waals surface area contributed by atoms with Gasteiger partial charge in [0.1, 0.15) is 0 Å². The molecule has 3 heteroatoms. The number of hydrogen-bond donors (Lipinski definition) is 0. The highest BCUT2D eigenvalue weighted by Gasteiger charge is 2.19. The number of carbonyl (C=O) groups is 1. The van der Waals surface area contributed by atoms with Crippen molar-refractivity contribution in [2.24, 2.45) is 10.4 Å². The molecule has 0 fully saturated rings. The molecule has 0 aliphatic rings. The summed E-state index contributed by atoms with van der Waals surface area (Å²) in [6.45, 7) is 5.51.